The Morgan fingerprint density at radius 3 is 2.75 bits per heavy atom. The Balaban J connectivity index is 1.36. The number of aryl methyl sites for hydroxylation is 2. The molecule has 3 heterocycles. The van der Waals surface area contributed by atoms with Gasteiger partial charge in [0.05, 0.1) is 6.54 Å². The molecule has 0 atom stereocenters. The Morgan fingerprint density at radius 1 is 1.04 bits per heavy atom. The number of aromatic amines is 1. The van der Waals surface area contributed by atoms with Crippen LogP contribution in [0.3, 0.4) is 0 Å². The third-order valence-corrected chi connectivity index (χ3v) is 5.57. The van der Waals surface area contributed by atoms with E-state index in [1.54, 1.807) is 11.0 Å². The summed E-state index contributed by atoms with van der Waals surface area (Å²) in [4.78, 5) is 34.7. The van der Waals surface area contributed by atoms with Crippen molar-refractivity contribution in [1.29, 1.82) is 0 Å². The highest BCUT2D eigenvalue weighted by atomic mass is 16.2. The molecular formula is C21H21N5O2. The number of H-pyrrole nitrogens is 1. The monoisotopic (exact) mass is 375 g/mol. The minimum absolute atomic E-state index is 0.204. The SMILES string of the molecule is O=C(c1cc2c([nH]c1=O)CCC2)N1CCc2nc(-c3ccccc3)nn2CC1. The van der Waals surface area contributed by atoms with Gasteiger partial charge in [-0.3, -0.25) is 9.59 Å². The van der Waals surface area contributed by atoms with Gasteiger partial charge in [0.1, 0.15) is 11.4 Å². The Labute approximate surface area is 162 Å². The van der Waals surface area contributed by atoms with Crippen molar-refractivity contribution in [2.75, 3.05) is 13.1 Å². The van der Waals surface area contributed by atoms with E-state index in [9.17, 15) is 9.59 Å². The number of pyridine rings is 1. The summed E-state index contributed by atoms with van der Waals surface area (Å²) in [6.07, 6.45) is 3.46. The van der Waals surface area contributed by atoms with Crippen LogP contribution in [0.25, 0.3) is 11.4 Å². The number of nitrogens with one attached hydrogen (secondary N) is 1. The maximum atomic E-state index is 13.0. The Bertz CT molecular complexity index is 1070. The Hall–Kier alpha value is -3.22. The molecule has 7 heteroatoms. The van der Waals surface area contributed by atoms with Gasteiger partial charge in [-0.15, -0.1) is 0 Å². The van der Waals surface area contributed by atoms with Gasteiger partial charge in [-0.05, 0) is 30.9 Å². The summed E-state index contributed by atoms with van der Waals surface area (Å²) < 4.78 is 1.88. The number of nitrogens with zero attached hydrogens (tertiary/aromatic N) is 4. The standard InChI is InChI=1S/C21H21N5O2/c27-20-16(13-15-7-4-8-17(15)22-20)21(28)25-10-9-18-23-19(24-26(18)12-11-25)14-5-2-1-3-6-14/h1-3,5-6,13H,4,7-12H2,(H,22,27). The predicted molar refractivity (Wildman–Crippen MR) is 104 cm³/mol. The summed E-state index contributed by atoms with van der Waals surface area (Å²) in [6, 6.07) is 11.7. The number of aromatic nitrogens is 4. The van der Waals surface area contributed by atoms with Gasteiger partial charge < -0.3 is 9.88 Å². The molecule has 5 rings (SSSR count). The van der Waals surface area contributed by atoms with Gasteiger partial charge >= 0.3 is 0 Å². The first-order chi connectivity index (χ1) is 13.7. The van der Waals surface area contributed by atoms with Gasteiger partial charge in [0.15, 0.2) is 5.82 Å². The van der Waals surface area contributed by atoms with E-state index in [0.29, 0.717) is 31.9 Å². The van der Waals surface area contributed by atoms with Gasteiger partial charge in [0.25, 0.3) is 11.5 Å². The van der Waals surface area contributed by atoms with E-state index in [2.05, 4.69) is 15.1 Å². The van der Waals surface area contributed by atoms with Crippen LogP contribution >= 0.6 is 0 Å². The van der Waals surface area contributed by atoms with Crippen molar-refractivity contribution in [3.05, 3.63) is 69.4 Å². The Morgan fingerprint density at radius 2 is 1.89 bits per heavy atom. The normalized spacial score (nSPS) is 15.8. The Kier molecular flexibility index (Phi) is 4.07. The van der Waals surface area contributed by atoms with E-state index in [-0.39, 0.29) is 17.0 Å². The summed E-state index contributed by atoms with van der Waals surface area (Å²) in [5.74, 6) is 1.38. The molecule has 1 N–H and O–H groups in total. The van der Waals surface area contributed by atoms with Gasteiger partial charge in [-0.1, -0.05) is 30.3 Å². The zero-order valence-electron chi connectivity index (χ0n) is 15.5. The number of benzene rings is 1. The van der Waals surface area contributed by atoms with E-state index in [4.69, 9.17) is 0 Å². The van der Waals surface area contributed by atoms with Gasteiger partial charge in [-0.25, -0.2) is 9.67 Å². The van der Waals surface area contributed by atoms with Crippen LogP contribution in [-0.2, 0) is 25.8 Å². The summed E-state index contributed by atoms with van der Waals surface area (Å²) in [6.45, 7) is 1.62. The van der Waals surface area contributed by atoms with Crippen LogP contribution in [-0.4, -0.2) is 43.6 Å². The molecule has 2 aliphatic rings. The van der Waals surface area contributed by atoms with E-state index in [0.717, 1.165) is 41.9 Å². The van der Waals surface area contributed by atoms with Gasteiger partial charge in [-0.2, -0.15) is 5.10 Å². The second-order valence-corrected chi connectivity index (χ2v) is 7.35. The summed E-state index contributed by atoms with van der Waals surface area (Å²) >= 11 is 0. The molecule has 0 radical (unpaired) electrons. The third-order valence-electron chi connectivity index (χ3n) is 5.57. The maximum absolute atomic E-state index is 13.0. The fourth-order valence-electron chi connectivity index (χ4n) is 4.06. The van der Waals surface area contributed by atoms with Crippen LogP contribution in [0.4, 0.5) is 0 Å². The fraction of sp³-hybridized carbons (Fsp3) is 0.333. The molecule has 0 saturated carbocycles. The molecule has 7 nitrogen and oxygen atoms in total. The number of amides is 1. The highest BCUT2D eigenvalue weighted by Crippen LogP contribution is 2.20. The molecule has 0 spiro atoms. The molecular weight excluding hydrogens is 354 g/mol. The topological polar surface area (TPSA) is 83.9 Å². The lowest BCUT2D eigenvalue weighted by Gasteiger charge is -2.19. The summed E-state index contributed by atoms with van der Waals surface area (Å²) in [5.41, 5.74) is 3.03. The number of rotatable bonds is 2. The number of carbonyl (C=O) groups excluding carboxylic acids is 1. The quantitative estimate of drug-likeness (QED) is 0.741. The maximum Gasteiger partial charge on any atom is 0.261 e. The molecule has 1 aromatic carbocycles. The van der Waals surface area contributed by atoms with Crippen LogP contribution in [0, 0.1) is 0 Å². The zero-order chi connectivity index (χ0) is 19.1. The average molecular weight is 375 g/mol. The van der Waals surface area contributed by atoms with Crippen LogP contribution in [0.5, 0.6) is 0 Å². The lowest BCUT2D eigenvalue weighted by Crippen LogP contribution is -2.37. The number of carbonyl (C=O) groups is 1. The van der Waals surface area contributed by atoms with Crippen molar-refractivity contribution in [1.82, 2.24) is 24.6 Å². The van der Waals surface area contributed by atoms with E-state index < -0.39 is 0 Å². The second kappa shape index (κ2) is 6.74. The van der Waals surface area contributed by atoms with E-state index in [1.165, 1.54) is 0 Å². The molecule has 0 fully saturated rings. The molecule has 1 amide bonds. The first kappa shape index (κ1) is 16.9. The zero-order valence-corrected chi connectivity index (χ0v) is 15.5. The summed E-state index contributed by atoms with van der Waals surface area (Å²) in [7, 11) is 0. The molecule has 28 heavy (non-hydrogen) atoms. The molecule has 0 saturated heterocycles. The third kappa shape index (κ3) is 2.93. The van der Waals surface area contributed by atoms with Crippen molar-refractivity contribution in [2.45, 2.75) is 32.2 Å². The molecule has 2 aromatic heterocycles. The first-order valence-electron chi connectivity index (χ1n) is 9.72. The van der Waals surface area contributed by atoms with Crippen molar-refractivity contribution < 1.29 is 4.79 Å². The van der Waals surface area contributed by atoms with E-state index in [1.807, 2.05) is 35.0 Å². The van der Waals surface area contributed by atoms with Gasteiger partial charge in [0.2, 0.25) is 0 Å². The molecule has 1 aliphatic heterocycles. The molecule has 0 bridgehead atoms. The van der Waals surface area contributed by atoms with Crippen molar-refractivity contribution in [3.8, 4) is 11.4 Å². The van der Waals surface area contributed by atoms with Crippen molar-refractivity contribution in [3.63, 3.8) is 0 Å². The highest BCUT2D eigenvalue weighted by molar-refractivity contribution is 5.94. The minimum Gasteiger partial charge on any atom is -0.336 e. The number of hydrogen-bond acceptors (Lipinski definition) is 4. The van der Waals surface area contributed by atoms with Crippen molar-refractivity contribution in [2.24, 2.45) is 0 Å². The van der Waals surface area contributed by atoms with Crippen molar-refractivity contribution >= 4 is 5.91 Å². The summed E-state index contributed by atoms with van der Waals surface area (Å²) in [5, 5.41) is 4.61. The van der Waals surface area contributed by atoms with Crippen LogP contribution < -0.4 is 5.56 Å². The lowest BCUT2D eigenvalue weighted by atomic mass is 10.1. The number of fused-ring (bicyclic) bond motifs is 2. The molecule has 142 valence electrons. The van der Waals surface area contributed by atoms with E-state index >= 15 is 0 Å². The fourth-order valence-corrected chi connectivity index (χ4v) is 4.06. The lowest BCUT2D eigenvalue weighted by molar-refractivity contribution is 0.0756. The number of hydrogen-bond donors (Lipinski definition) is 1. The largest absolute Gasteiger partial charge is 0.336 e. The average Bonchev–Trinajstić information content (AvgIpc) is 3.29. The molecule has 0 unspecified atom stereocenters. The predicted octanol–water partition coefficient (Wildman–Crippen LogP) is 1.82. The minimum atomic E-state index is -0.280. The molecule has 3 aromatic rings. The smallest absolute Gasteiger partial charge is 0.261 e. The van der Waals surface area contributed by atoms with Crippen LogP contribution in [0.2, 0.25) is 0 Å². The highest BCUT2D eigenvalue weighted by Gasteiger charge is 2.25. The second-order valence-electron chi connectivity index (χ2n) is 7.35. The van der Waals surface area contributed by atoms with Gasteiger partial charge in [0, 0.05) is 30.8 Å². The van der Waals surface area contributed by atoms with Crippen LogP contribution in [0.15, 0.2) is 41.2 Å². The first-order valence-corrected chi connectivity index (χ1v) is 9.72. The van der Waals surface area contributed by atoms with Crippen LogP contribution in [0.1, 0.15) is 33.9 Å². The molecule has 1 aliphatic carbocycles.